The Morgan fingerprint density at radius 3 is 2.15 bits per heavy atom. The summed E-state index contributed by atoms with van der Waals surface area (Å²) in [4.78, 5) is 71.5. The van der Waals surface area contributed by atoms with E-state index in [2.05, 4.69) is 35.0 Å². The molecule has 5 amide bonds. The topological polar surface area (TPSA) is 143 Å². The molecule has 5 aliphatic rings. The van der Waals surface area contributed by atoms with E-state index in [1.54, 1.807) is 18.2 Å². The van der Waals surface area contributed by atoms with Crippen LogP contribution in [0.15, 0.2) is 54.6 Å². The SMILES string of the molecule is CC1(C)[C@@H](Oc2ccc(C(=O)N3CCC(N4Cc5cc6c(cc5C4)C(=O)N(C4CCC(=O)NC4=O)C6=O)CC3)cc2)CN1c1ccc(C#N)c(Cl)c1. The minimum atomic E-state index is -0.982. The van der Waals surface area contributed by atoms with Gasteiger partial charge in [-0.15, -0.1) is 0 Å². The lowest BCUT2D eigenvalue weighted by Crippen LogP contribution is -2.70. The maximum Gasteiger partial charge on any atom is 0.262 e. The number of carbonyl (C=O) groups is 5. The van der Waals surface area contributed by atoms with Crippen molar-refractivity contribution in [2.75, 3.05) is 24.5 Å². The molecule has 52 heavy (non-hydrogen) atoms. The van der Waals surface area contributed by atoms with Crippen molar-refractivity contribution < 1.29 is 28.7 Å². The van der Waals surface area contributed by atoms with Gasteiger partial charge in [0.05, 0.1) is 33.8 Å². The molecule has 0 radical (unpaired) electrons. The molecule has 13 heteroatoms. The Kier molecular flexibility index (Phi) is 8.31. The number of hydrogen-bond donors (Lipinski definition) is 1. The maximum absolute atomic E-state index is 13.5. The van der Waals surface area contributed by atoms with Crippen LogP contribution in [0.2, 0.25) is 5.02 Å². The van der Waals surface area contributed by atoms with Crippen molar-refractivity contribution in [1.82, 2.24) is 20.0 Å². The third kappa shape index (κ3) is 5.68. The number of likely N-dealkylation sites (tertiary alicyclic amines) is 1. The summed E-state index contributed by atoms with van der Waals surface area (Å²) in [5, 5.41) is 11.8. The lowest BCUT2D eigenvalue weighted by molar-refractivity contribution is -0.136. The summed E-state index contributed by atoms with van der Waals surface area (Å²) in [6, 6.07) is 17.7. The van der Waals surface area contributed by atoms with Crippen LogP contribution >= 0.6 is 11.6 Å². The monoisotopic (exact) mass is 720 g/mol. The van der Waals surface area contributed by atoms with Gasteiger partial charge in [0.15, 0.2) is 0 Å². The molecule has 5 heterocycles. The van der Waals surface area contributed by atoms with Gasteiger partial charge in [-0.2, -0.15) is 5.26 Å². The van der Waals surface area contributed by atoms with E-state index in [4.69, 9.17) is 16.3 Å². The Hall–Kier alpha value is -5.25. The summed E-state index contributed by atoms with van der Waals surface area (Å²) in [5.74, 6) is -1.33. The predicted octanol–water partition coefficient (Wildman–Crippen LogP) is 4.28. The van der Waals surface area contributed by atoms with Crippen LogP contribution in [0, 0.1) is 11.3 Å². The molecule has 0 bridgehead atoms. The third-order valence-electron chi connectivity index (χ3n) is 11.4. The molecule has 5 aliphatic heterocycles. The van der Waals surface area contributed by atoms with Gasteiger partial charge >= 0.3 is 0 Å². The molecule has 8 rings (SSSR count). The molecule has 0 spiro atoms. The van der Waals surface area contributed by atoms with E-state index < -0.39 is 29.7 Å². The average molecular weight is 721 g/mol. The molecule has 1 unspecified atom stereocenters. The van der Waals surface area contributed by atoms with E-state index >= 15 is 0 Å². The Morgan fingerprint density at radius 1 is 0.923 bits per heavy atom. The van der Waals surface area contributed by atoms with Crippen LogP contribution in [0.25, 0.3) is 0 Å². The van der Waals surface area contributed by atoms with Crippen molar-refractivity contribution in [3.63, 3.8) is 0 Å². The highest BCUT2D eigenvalue weighted by Gasteiger charge is 2.49. The van der Waals surface area contributed by atoms with Crippen molar-refractivity contribution >= 4 is 46.8 Å². The number of rotatable bonds is 6. The number of anilines is 1. The summed E-state index contributed by atoms with van der Waals surface area (Å²) >= 11 is 6.27. The molecule has 3 aromatic carbocycles. The Balaban J connectivity index is 0.841. The van der Waals surface area contributed by atoms with Crippen LogP contribution in [-0.2, 0) is 22.7 Å². The van der Waals surface area contributed by atoms with Crippen LogP contribution in [0.1, 0.15) is 87.3 Å². The maximum atomic E-state index is 13.5. The van der Waals surface area contributed by atoms with Gasteiger partial charge in [0, 0.05) is 49.9 Å². The van der Waals surface area contributed by atoms with Crippen LogP contribution in [0.4, 0.5) is 5.69 Å². The first-order valence-corrected chi connectivity index (χ1v) is 18.0. The zero-order chi connectivity index (χ0) is 36.5. The molecule has 0 saturated carbocycles. The molecule has 12 nitrogen and oxygen atoms in total. The van der Waals surface area contributed by atoms with E-state index in [0.717, 1.165) is 34.6 Å². The fourth-order valence-corrected chi connectivity index (χ4v) is 8.39. The number of benzene rings is 3. The second-order valence-corrected chi connectivity index (χ2v) is 15.1. The molecule has 2 atom stereocenters. The highest BCUT2D eigenvalue weighted by atomic mass is 35.5. The first-order chi connectivity index (χ1) is 24.9. The number of amides is 5. The fraction of sp³-hybridized carbons (Fsp3) is 0.385. The largest absolute Gasteiger partial charge is 0.486 e. The van der Waals surface area contributed by atoms with E-state index in [-0.39, 0.29) is 36.4 Å². The van der Waals surface area contributed by atoms with Gasteiger partial charge in [0.2, 0.25) is 11.8 Å². The van der Waals surface area contributed by atoms with Crippen molar-refractivity contribution in [2.45, 2.75) is 76.3 Å². The average Bonchev–Trinajstić information content (AvgIpc) is 3.66. The number of fused-ring (bicyclic) bond motifs is 2. The summed E-state index contributed by atoms with van der Waals surface area (Å²) in [7, 11) is 0. The second-order valence-electron chi connectivity index (χ2n) is 14.7. The zero-order valence-electron chi connectivity index (χ0n) is 28.9. The van der Waals surface area contributed by atoms with Crippen molar-refractivity contribution in [2.24, 2.45) is 0 Å². The number of imide groups is 2. The number of piperidine rings is 2. The van der Waals surface area contributed by atoms with Crippen LogP contribution < -0.4 is 15.0 Å². The first kappa shape index (κ1) is 33.9. The van der Waals surface area contributed by atoms with Crippen LogP contribution in [-0.4, -0.2) is 87.6 Å². The van der Waals surface area contributed by atoms with Gasteiger partial charge in [0.25, 0.3) is 17.7 Å². The number of nitrogens with one attached hydrogen (secondary N) is 1. The summed E-state index contributed by atoms with van der Waals surface area (Å²) in [6.07, 6.45) is 1.74. The first-order valence-electron chi connectivity index (χ1n) is 17.6. The van der Waals surface area contributed by atoms with Crippen molar-refractivity contribution in [1.29, 1.82) is 5.26 Å². The summed E-state index contributed by atoms with van der Waals surface area (Å²) in [5.41, 5.74) is 4.27. The molecule has 3 fully saturated rings. The van der Waals surface area contributed by atoms with E-state index in [1.807, 2.05) is 41.3 Å². The van der Waals surface area contributed by atoms with Crippen LogP contribution in [0.3, 0.4) is 0 Å². The molecule has 266 valence electrons. The Labute approximate surface area is 305 Å². The van der Waals surface area contributed by atoms with Gasteiger partial charge < -0.3 is 14.5 Å². The van der Waals surface area contributed by atoms with Gasteiger partial charge in [-0.3, -0.25) is 39.1 Å². The minimum Gasteiger partial charge on any atom is -0.486 e. The third-order valence-corrected chi connectivity index (χ3v) is 11.7. The number of carbonyl (C=O) groups excluding carboxylic acids is 5. The number of hydrogen-bond acceptors (Lipinski definition) is 9. The quantitative estimate of drug-likeness (QED) is 0.369. The van der Waals surface area contributed by atoms with Gasteiger partial charge in [-0.05, 0) is 98.8 Å². The lowest BCUT2D eigenvalue weighted by Gasteiger charge is -2.55. The van der Waals surface area contributed by atoms with Gasteiger partial charge in [-0.25, -0.2) is 0 Å². The Morgan fingerprint density at radius 2 is 1.58 bits per heavy atom. The van der Waals surface area contributed by atoms with Crippen LogP contribution in [0.5, 0.6) is 5.75 Å². The minimum absolute atomic E-state index is 0.0171. The van der Waals surface area contributed by atoms with Crippen molar-refractivity contribution in [3.8, 4) is 11.8 Å². The molecular formula is C39H37ClN6O6. The number of nitriles is 1. The molecule has 3 saturated heterocycles. The highest BCUT2D eigenvalue weighted by Crippen LogP contribution is 2.40. The van der Waals surface area contributed by atoms with E-state index in [9.17, 15) is 29.2 Å². The molecule has 1 N–H and O–H groups in total. The summed E-state index contributed by atoms with van der Waals surface area (Å²) in [6.45, 7) is 7.38. The normalized spacial score (nSPS) is 22.8. The zero-order valence-corrected chi connectivity index (χ0v) is 29.6. The summed E-state index contributed by atoms with van der Waals surface area (Å²) < 4.78 is 6.32. The standard InChI is InChI=1S/C39H37ClN6O6/c1-39(2)33(21-45(39)27-6-3-23(18-41)31(40)17-27)52-28-7-4-22(5-8-28)36(49)43-13-11-26(12-14-43)44-19-24-15-29-30(16-25(24)20-44)38(51)46(37(29)50)32-9-10-34(47)42-35(32)48/h3-8,15-17,26,32-33H,9-14,19-21H2,1-2H3,(H,42,47,48)/t32?,33-/m0/s1. The lowest BCUT2D eigenvalue weighted by atomic mass is 9.84. The second kappa shape index (κ2) is 12.8. The van der Waals surface area contributed by atoms with E-state index in [0.29, 0.717) is 65.7 Å². The fourth-order valence-electron chi connectivity index (χ4n) is 8.18. The number of nitrogens with zero attached hydrogens (tertiary/aromatic N) is 5. The molecule has 0 aromatic heterocycles. The molecular weight excluding hydrogens is 684 g/mol. The Bertz CT molecular complexity index is 2040. The molecule has 3 aromatic rings. The van der Waals surface area contributed by atoms with E-state index in [1.165, 1.54) is 0 Å². The number of halogens is 1. The smallest absolute Gasteiger partial charge is 0.262 e. The number of ether oxygens (including phenoxy) is 1. The van der Waals surface area contributed by atoms with Gasteiger partial charge in [0.1, 0.15) is 24.0 Å². The van der Waals surface area contributed by atoms with Gasteiger partial charge in [-0.1, -0.05) is 11.6 Å². The van der Waals surface area contributed by atoms with Crippen molar-refractivity contribution in [3.05, 3.63) is 93.0 Å². The highest BCUT2D eigenvalue weighted by molar-refractivity contribution is 6.32. The molecule has 0 aliphatic carbocycles. The predicted molar refractivity (Wildman–Crippen MR) is 190 cm³/mol.